The number of rotatable bonds is 6. The lowest BCUT2D eigenvalue weighted by molar-refractivity contribution is -0.128. The van der Waals surface area contributed by atoms with Gasteiger partial charge in [-0.25, -0.2) is 4.98 Å². The van der Waals surface area contributed by atoms with Crippen molar-refractivity contribution in [3.8, 4) is 0 Å². The molecule has 1 aromatic rings. The van der Waals surface area contributed by atoms with Crippen molar-refractivity contribution in [3.05, 3.63) is 23.4 Å². The third kappa shape index (κ3) is 3.89. The first kappa shape index (κ1) is 15.4. The number of carbonyl (C=O) groups is 1. The lowest BCUT2D eigenvalue weighted by Gasteiger charge is -2.19. The summed E-state index contributed by atoms with van der Waals surface area (Å²) in [6, 6.07) is 1.84. The summed E-state index contributed by atoms with van der Waals surface area (Å²) in [4.78, 5) is 18.1. The maximum atomic E-state index is 11.9. The van der Waals surface area contributed by atoms with E-state index in [-0.39, 0.29) is 17.4 Å². The van der Waals surface area contributed by atoms with Crippen LogP contribution in [-0.2, 0) is 4.79 Å². The van der Waals surface area contributed by atoms with E-state index >= 15 is 0 Å². The molecular weight excluding hydrogens is 260 g/mol. The summed E-state index contributed by atoms with van der Waals surface area (Å²) in [5.41, 5.74) is 7.33. The fraction of sp³-hybridized carbons (Fsp3) is 0.462. The van der Waals surface area contributed by atoms with E-state index in [1.54, 1.807) is 11.1 Å². The number of hydrogen-bond donors (Lipinski definition) is 2. The second kappa shape index (κ2) is 7.04. The third-order valence-electron chi connectivity index (χ3n) is 2.93. The Labute approximate surface area is 119 Å². The molecule has 3 N–H and O–H groups in total. The maximum Gasteiger partial charge on any atom is 0.241 e. The standard InChI is InChI=1S/C13H20N4OS/c1-4-17(5-2)10(18)8-16-13-11(12(14)19)9(3)6-7-15-13/h6-7H,4-5,8H2,1-3H3,(H2,14,19)(H,15,16). The van der Waals surface area contributed by atoms with Gasteiger partial charge in [-0.05, 0) is 32.4 Å². The monoisotopic (exact) mass is 280 g/mol. The highest BCUT2D eigenvalue weighted by molar-refractivity contribution is 7.80. The first-order valence-electron chi connectivity index (χ1n) is 6.28. The molecule has 0 aliphatic heterocycles. The largest absolute Gasteiger partial charge is 0.389 e. The first-order valence-corrected chi connectivity index (χ1v) is 6.69. The number of likely N-dealkylation sites (N-methyl/N-ethyl adjacent to an activating group) is 1. The Morgan fingerprint density at radius 3 is 2.63 bits per heavy atom. The number of carbonyl (C=O) groups excluding carboxylic acids is 1. The average molecular weight is 280 g/mol. The van der Waals surface area contributed by atoms with Gasteiger partial charge in [-0.1, -0.05) is 12.2 Å². The van der Waals surface area contributed by atoms with Crippen LogP contribution in [0.1, 0.15) is 25.0 Å². The highest BCUT2D eigenvalue weighted by Gasteiger charge is 2.13. The van der Waals surface area contributed by atoms with Gasteiger partial charge in [0.1, 0.15) is 10.8 Å². The highest BCUT2D eigenvalue weighted by Crippen LogP contribution is 2.16. The van der Waals surface area contributed by atoms with Crippen LogP contribution in [0.5, 0.6) is 0 Å². The molecule has 0 aliphatic carbocycles. The third-order valence-corrected chi connectivity index (χ3v) is 3.13. The van der Waals surface area contributed by atoms with Crippen LogP contribution in [0.15, 0.2) is 12.3 Å². The molecule has 0 radical (unpaired) electrons. The highest BCUT2D eigenvalue weighted by atomic mass is 32.1. The van der Waals surface area contributed by atoms with Crippen molar-refractivity contribution >= 4 is 28.9 Å². The van der Waals surface area contributed by atoms with Crippen LogP contribution in [0.2, 0.25) is 0 Å². The van der Waals surface area contributed by atoms with Gasteiger partial charge < -0.3 is 16.0 Å². The van der Waals surface area contributed by atoms with Crippen molar-refractivity contribution in [1.29, 1.82) is 0 Å². The molecular formula is C13H20N4OS. The van der Waals surface area contributed by atoms with Crippen molar-refractivity contribution in [2.75, 3.05) is 25.0 Å². The van der Waals surface area contributed by atoms with Gasteiger partial charge in [0, 0.05) is 19.3 Å². The summed E-state index contributed by atoms with van der Waals surface area (Å²) in [5.74, 6) is 0.593. The van der Waals surface area contributed by atoms with Crippen molar-refractivity contribution in [2.24, 2.45) is 5.73 Å². The topological polar surface area (TPSA) is 71.2 Å². The minimum Gasteiger partial charge on any atom is -0.389 e. The number of nitrogens with two attached hydrogens (primary N) is 1. The molecule has 0 saturated carbocycles. The zero-order valence-electron chi connectivity index (χ0n) is 11.6. The van der Waals surface area contributed by atoms with Crippen molar-refractivity contribution < 1.29 is 4.79 Å². The van der Waals surface area contributed by atoms with Crippen LogP contribution >= 0.6 is 12.2 Å². The van der Waals surface area contributed by atoms with E-state index < -0.39 is 0 Å². The normalized spacial score (nSPS) is 10.1. The van der Waals surface area contributed by atoms with Gasteiger partial charge in [-0.15, -0.1) is 0 Å². The Bertz CT molecular complexity index is 472. The molecule has 0 fully saturated rings. The van der Waals surface area contributed by atoms with E-state index in [4.69, 9.17) is 18.0 Å². The van der Waals surface area contributed by atoms with E-state index in [1.165, 1.54) is 0 Å². The molecule has 0 spiro atoms. The zero-order valence-corrected chi connectivity index (χ0v) is 12.4. The summed E-state index contributed by atoms with van der Waals surface area (Å²) in [7, 11) is 0. The molecule has 0 atom stereocenters. The second-order valence-electron chi connectivity index (χ2n) is 4.14. The average Bonchev–Trinajstić information content (AvgIpc) is 2.37. The molecule has 1 heterocycles. The fourth-order valence-electron chi connectivity index (χ4n) is 1.85. The van der Waals surface area contributed by atoms with Crippen LogP contribution in [0.25, 0.3) is 0 Å². The maximum absolute atomic E-state index is 11.9. The predicted octanol–water partition coefficient (Wildman–Crippen LogP) is 1.30. The lowest BCUT2D eigenvalue weighted by atomic mass is 10.1. The van der Waals surface area contributed by atoms with Crippen LogP contribution in [0, 0.1) is 6.92 Å². The molecule has 0 aromatic carbocycles. The number of amides is 1. The van der Waals surface area contributed by atoms with Gasteiger partial charge in [-0.2, -0.15) is 0 Å². The summed E-state index contributed by atoms with van der Waals surface area (Å²) in [6.07, 6.45) is 1.67. The molecule has 1 aromatic heterocycles. The number of pyridine rings is 1. The number of nitrogens with zero attached hydrogens (tertiary/aromatic N) is 2. The van der Waals surface area contributed by atoms with Crippen molar-refractivity contribution in [2.45, 2.75) is 20.8 Å². The van der Waals surface area contributed by atoms with Gasteiger partial charge in [0.15, 0.2) is 0 Å². The number of aryl methyl sites for hydroxylation is 1. The molecule has 1 rings (SSSR count). The predicted molar refractivity (Wildman–Crippen MR) is 81.3 cm³/mol. The second-order valence-corrected chi connectivity index (χ2v) is 4.58. The fourth-order valence-corrected chi connectivity index (χ4v) is 2.11. The Morgan fingerprint density at radius 2 is 2.11 bits per heavy atom. The summed E-state index contributed by atoms with van der Waals surface area (Å²) >= 11 is 5.02. The molecule has 104 valence electrons. The number of anilines is 1. The van der Waals surface area contributed by atoms with Gasteiger partial charge in [0.25, 0.3) is 0 Å². The van der Waals surface area contributed by atoms with Crippen LogP contribution in [0.3, 0.4) is 0 Å². The molecule has 0 saturated heterocycles. The van der Waals surface area contributed by atoms with Gasteiger partial charge in [0.2, 0.25) is 5.91 Å². The molecule has 1 amide bonds. The number of nitrogens with one attached hydrogen (secondary N) is 1. The van der Waals surface area contributed by atoms with Crippen molar-refractivity contribution in [3.63, 3.8) is 0 Å². The van der Waals surface area contributed by atoms with E-state index in [0.29, 0.717) is 24.5 Å². The van der Waals surface area contributed by atoms with Gasteiger partial charge in [-0.3, -0.25) is 4.79 Å². The zero-order chi connectivity index (χ0) is 14.4. The number of aromatic nitrogens is 1. The Kier molecular flexibility index (Phi) is 5.69. The molecule has 0 aliphatic rings. The van der Waals surface area contributed by atoms with E-state index in [1.807, 2.05) is 26.8 Å². The molecule has 0 bridgehead atoms. The Hall–Kier alpha value is -1.69. The smallest absolute Gasteiger partial charge is 0.241 e. The number of hydrogen-bond acceptors (Lipinski definition) is 4. The lowest BCUT2D eigenvalue weighted by Crippen LogP contribution is -2.35. The van der Waals surface area contributed by atoms with Crippen molar-refractivity contribution in [1.82, 2.24) is 9.88 Å². The molecule has 19 heavy (non-hydrogen) atoms. The minimum absolute atomic E-state index is 0.0298. The minimum atomic E-state index is 0.0298. The molecule has 5 nitrogen and oxygen atoms in total. The van der Waals surface area contributed by atoms with E-state index in [9.17, 15) is 4.79 Å². The quantitative estimate of drug-likeness (QED) is 0.769. The van der Waals surface area contributed by atoms with Crippen LogP contribution in [0.4, 0.5) is 5.82 Å². The van der Waals surface area contributed by atoms with Crippen LogP contribution < -0.4 is 11.1 Å². The number of thiocarbonyl (C=S) groups is 1. The molecule has 6 heteroatoms. The summed E-state index contributed by atoms with van der Waals surface area (Å²) in [5, 5.41) is 3.01. The van der Waals surface area contributed by atoms with E-state index in [0.717, 1.165) is 5.56 Å². The Balaban J connectivity index is 2.81. The first-order chi connectivity index (χ1) is 9.01. The summed E-state index contributed by atoms with van der Waals surface area (Å²) < 4.78 is 0. The SMILES string of the molecule is CCN(CC)C(=O)CNc1nccc(C)c1C(N)=S. The van der Waals surface area contributed by atoms with Gasteiger partial charge in [0.05, 0.1) is 12.1 Å². The van der Waals surface area contributed by atoms with Gasteiger partial charge >= 0.3 is 0 Å². The van der Waals surface area contributed by atoms with Crippen LogP contribution in [-0.4, -0.2) is 40.4 Å². The summed E-state index contributed by atoms with van der Waals surface area (Å²) in [6.45, 7) is 7.39. The Morgan fingerprint density at radius 1 is 1.47 bits per heavy atom. The molecule has 0 unspecified atom stereocenters. The van der Waals surface area contributed by atoms with E-state index in [2.05, 4.69) is 10.3 Å².